The van der Waals surface area contributed by atoms with Gasteiger partial charge >= 0.3 is 6.03 Å². The van der Waals surface area contributed by atoms with E-state index >= 15 is 0 Å². The maximum Gasteiger partial charge on any atom is 0.319 e. The number of carbonyl (C=O) groups is 2. The van der Waals surface area contributed by atoms with Gasteiger partial charge in [-0.05, 0) is 63.8 Å². The van der Waals surface area contributed by atoms with Crippen molar-refractivity contribution in [2.45, 2.75) is 65.6 Å². The molecule has 0 radical (unpaired) electrons. The highest BCUT2D eigenvalue weighted by atomic mass is 16.2. The highest BCUT2D eigenvalue weighted by Crippen LogP contribution is 2.33. The third-order valence-electron chi connectivity index (χ3n) is 4.91. The maximum absolute atomic E-state index is 12.8. The summed E-state index contributed by atoms with van der Waals surface area (Å²) in [5.41, 5.74) is 2.83. The van der Waals surface area contributed by atoms with Crippen LogP contribution in [0.4, 0.5) is 16.2 Å². The van der Waals surface area contributed by atoms with Gasteiger partial charge in [-0.1, -0.05) is 6.92 Å². The minimum absolute atomic E-state index is 0.0718. The van der Waals surface area contributed by atoms with Gasteiger partial charge in [-0.2, -0.15) is 0 Å². The van der Waals surface area contributed by atoms with Crippen molar-refractivity contribution in [3.63, 3.8) is 0 Å². The van der Waals surface area contributed by atoms with Crippen molar-refractivity contribution in [2.24, 2.45) is 5.92 Å². The van der Waals surface area contributed by atoms with Gasteiger partial charge in [0.05, 0.1) is 0 Å². The summed E-state index contributed by atoms with van der Waals surface area (Å²) in [7, 11) is 3.99. The van der Waals surface area contributed by atoms with Crippen molar-refractivity contribution in [3.8, 4) is 0 Å². The fourth-order valence-electron chi connectivity index (χ4n) is 3.08. The molecule has 0 spiro atoms. The number of hydrogen-bond donors (Lipinski definition) is 2. The van der Waals surface area contributed by atoms with Gasteiger partial charge in [0, 0.05) is 50.0 Å². The fraction of sp³-hybridized carbons (Fsp3) is 0.619. The normalized spacial score (nSPS) is 14.6. The second-order valence-corrected chi connectivity index (χ2v) is 7.99. The molecule has 0 aliphatic heterocycles. The Balaban J connectivity index is 2.26. The minimum Gasteiger partial charge on any atom is -0.377 e. The topological polar surface area (TPSA) is 64.7 Å². The molecule has 1 aliphatic rings. The molecule has 150 valence electrons. The van der Waals surface area contributed by atoms with E-state index in [1.54, 1.807) is 0 Å². The lowest BCUT2D eigenvalue weighted by atomic mass is 10.1. The molecule has 27 heavy (non-hydrogen) atoms. The average molecular weight is 375 g/mol. The van der Waals surface area contributed by atoms with Crippen LogP contribution < -0.4 is 15.5 Å². The zero-order chi connectivity index (χ0) is 20.1. The first-order valence-electron chi connectivity index (χ1n) is 9.91. The molecule has 6 nitrogen and oxygen atoms in total. The number of urea groups is 1. The molecule has 1 atom stereocenters. The van der Waals surface area contributed by atoms with Crippen molar-refractivity contribution in [3.05, 3.63) is 23.8 Å². The molecule has 3 amide bonds. The Hall–Kier alpha value is -2.24. The molecule has 1 unspecified atom stereocenters. The van der Waals surface area contributed by atoms with Crippen molar-refractivity contribution < 1.29 is 9.59 Å². The lowest BCUT2D eigenvalue weighted by Gasteiger charge is -2.31. The summed E-state index contributed by atoms with van der Waals surface area (Å²) in [4.78, 5) is 28.9. The van der Waals surface area contributed by atoms with Gasteiger partial charge in [0.15, 0.2) is 0 Å². The summed E-state index contributed by atoms with van der Waals surface area (Å²) in [5.74, 6) is 0.449. The number of hydrogen-bond acceptors (Lipinski definition) is 3. The zero-order valence-electron chi connectivity index (χ0n) is 17.5. The quantitative estimate of drug-likeness (QED) is 0.727. The maximum atomic E-state index is 12.8. The van der Waals surface area contributed by atoms with Crippen LogP contribution in [0.2, 0.25) is 0 Å². The Labute approximate surface area is 163 Å². The molecule has 1 saturated carbocycles. The lowest BCUT2D eigenvalue weighted by Crippen LogP contribution is -2.39. The summed E-state index contributed by atoms with van der Waals surface area (Å²) < 4.78 is 0. The van der Waals surface area contributed by atoms with Crippen molar-refractivity contribution in [1.29, 1.82) is 0 Å². The highest BCUT2D eigenvalue weighted by molar-refractivity contribution is 5.90. The molecule has 1 aromatic carbocycles. The van der Waals surface area contributed by atoms with Gasteiger partial charge in [-0.15, -0.1) is 0 Å². The van der Waals surface area contributed by atoms with Gasteiger partial charge in [0.2, 0.25) is 5.91 Å². The molecule has 1 fully saturated rings. The summed E-state index contributed by atoms with van der Waals surface area (Å²) in [5, 5.41) is 5.72. The third kappa shape index (κ3) is 5.88. The first-order valence-corrected chi connectivity index (χ1v) is 9.91. The van der Waals surface area contributed by atoms with E-state index in [1.807, 2.05) is 55.9 Å². The number of anilines is 2. The Morgan fingerprint density at radius 2 is 1.85 bits per heavy atom. The molecule has 1 aromatic rings. The van der Waals surface area contributed by atoms with E-state index in [1.165, 1.54) is 0 Å². The van der Waals surface area contributed by atoms with Crippen LogP contribution in [0.1, 0.15) is 52.5 Å². The molecular weight excluding hydrogens is 340 g/mol. The Morgan fingerprint density at radius 1 is 1.19 bits per heavy atom. The standard InChI is InChI=1S/C21H34N4O2/c1-7-15(4)25(20(26)16-8-9-16)13-17-12-18(10-11-19(17)24(5)6)23-21(27)22-14(2)3/h10-12,14-16H,7-9,13H2,1-6H3,(H2,22,23,27). The van der Waals surface area contributed by atoms with Crippen LogP contribution in [-0.4, -0.2) is 43.0 Å². The van der Waals surface area contributed by atoms with Crippen LogP contribution in [-0.2, 0) is 11.3 Å². The molecule has 6 heteroatoms. The van der Waals surface area contributed by atoms with E-state index in [0.29, 0.717) is 6.54 Å². The Kier molecular flexibility index (Phi) is 7.11. The first kappa shape index (κ1) is 21.1. The number of amides is 3. The van der Waals surface area contributed by atoms with Gasteiger partial charge in [0.25, 0.3) is 0 Å². The average Bonchev–Trinajstić information content (AvgIpc) is 3.42. The number of carbonyl (C=O) groups excluding carboxylic acids is 2. The van der Waals surface area contributed by atoms with Gasteiger partial charge in [0.1, 0.15) is 0 Å². The molecule has 2 N–H and O–H groups in total. The second kappa shape index (κ2) is 9.11. The molecule has 0 bridgehead atoms. The number of nitrogens with one attached hydrogen (secondary N) is 2. The fourth-order valence-corrected chi connectivity index (χ4v) is 3.08. The van der Waals surface area contributed by atoms with E-state index in [2.05, 4.69) is 24.5 Å². The van der Waals surface area contributed by atoms with Gasteiger partial charge in [-0.3, -0.25) is 4.79 Å². The number of rotatable bonds is 8. The van der Waals surface area contributed by atoms with E-state index in [9.17, 15) is 9.59 Å². The summed E-state index contributed by atoms with van der Waals surface area (Å²) in [6.07, 6.45) is 2.93. The summed E-state index contributed by atoms with van der Waals surface area (Å²) in [6, 6.07) is 5.91. The van der Waals surface area contributed by atoms with E-state index in [0.717, 1.165) is 36.2 Å². The molecule has 0 saturated heterocycles. The molecule has 1 aliphatic carbocycles. The van der Waals surface area contributed by atoms with Crippen LogP contribution in [0.5, 0.6) is 0 Å². The van der Waals surface area contributed by atoms with Crippen LogP contribution in [0, 0.1) is 5.92 Å². The smallest absolute Gasteiger partial charge is 0.319 e. The molecular formula is C21H34N4O2. The monoisotopic (exact) mass is 374 g/mol. The first-order chi connectivity index (χ1) is 12.7. The zero-order valence-corrected chi connectivity index (χ0v) is 17.5. The SMILES string of the molecule is CCC(C)N(Cc1cc(NC(=O)NC(C)C)ccc1N(C)C)C(=O)C1CC1. The summed E-state index contributed by atoms with van der Waals surface area (Å²) in [6.45, 7) is 8.62. The number of benzene rings is 1. The van der Waals surface area contributed by atoms with Gasteiger partial charge in [-0.25, -0.2) is 4.79 Å². The molecule has 0 aromatic heterocycles. The largest absolute Gasteiger partial charge is 0.377 e. The summed E-state index contributed by atoms with van der Waals surface area (Å²) >= 11 is 0. The molecule has 0 heterocycles. The minimum atomic E-state index is -0.221. The third-order valence-corrected chi connectivity index (χ3v) is 4.91. The highest BCUT2D eigenvalue weighted by Gasteiger charge is 2.35. The van der Waals surface area contributed by atoms with Crippen LogP contribution >= 0.6 is 0 Å². The van der Waals surface area contributed by atoms with Crippen LogP contribution in [0.25, 0.3) is 0 Å². The lowest BCUT2D eigenvalue weighted by molar-refractivity contribution is -0.135. The Bertz CT molecular complexity index is 668. The van der Waals surface area contributed by atoms with Crippen LogP contribution in [0.15, 0.2) is 18.2 Å². The predicted octanol–water partition coefficient (Wildman–Crippen LogP) is 3.82. The Morgan fingerprint density at radius 3 is 2.37 bits per heavy atom. The second-order valence-electron chi connectivity index (χ2n) is 7.99. The number of nitrogens with zero attached hydrogens (tertiary/aromatic N) is 2. The van der Waals surface area contributed by atoms with Crippen molar-refractivity contribution in [2.75, 3.05) is 24.3 Å². The van der Waals surface area contributed by atoms with E-state index in [4.69, 9.17) is 0 Å². The van der Waals surface area contributed by atoms with E-state index in [-0.39, 0.29) is 29.9 Å². The van der Waals surface area contributed by atoms with Crippen LogP contribution in [0.3, 0.4) is 0 Å². The van der Waals surface area contributed by atoms with E-state index < -0.39 is 0 Å². The predicted molar refractivity (Wildman–Crippen MR) is 111 cm³/mol. The van der Waals surface area contributed by atoms with Crippen molar-refractivity contribution in [1.82, 2.24) is 10.2 Å². The molecule has 2 rings (SSSR count). The van der Waals surface area contributed by atoms with Crippen molar-refractivity contribution >= 4 is 23.3 Å². The van der Waals surface area contributed by atoms with Gasteiger partial charge < -0.3 is 20.4 Å².